The maximum absolute atomic E-state index is 12.1. The molecule has 0 saturated carbocycles. The molecule has 2 aromatic carbocycles. The van der Waals surface area contributed by atoms with E-state index in [0.29, 0.717) is 20.2 Å². The fourth-order valence-corrected chi connectivity index (χ4v) is 3.41. The van der Waals surface area contributed by atoms with Gasteiger partial charge < -0.3 is 16.2 Å². The van der Waals surface area contributed by atoms with E-state index in [1.54, 1.807) is 36.4 Å². The number of phenolic OH excluding ortho intramolecular Hbond substituents is 1. The molecule has 1 heterocycles. The maximum atomic E-state index is 12.1. The van der Waals surface area contributed by atoms with Crippen molar-refractivity contribution < 1.29 is 9.90 Å². The van der Waals surface area contributed by atoms with Crippen LogP contribution in [0.15, 0.2) is 39.3 Å². The summed E-state index contributed by atoms with van der Waals surface area (Å²) in [6.45, 7) is 0. The Morgan fingerprint density at radius 1 is 1.14 bits per heavy atom. The van der Waals surface area contributed by atoms with Crippen LogP contribution in [0.3, 0.4) is 0 Å². The fourth-order valence-electron chi connectivity index (χ4n) is 2.18. The first-order valence-electron chi connectivity index (χ1n) is 6.06. The van der Waals surface area contributed by atoms with Gasteiger partial charge >= 0.3 is 0 Å². The zero-order valence-corrected chi connectivity index (χ0v) is 13.8. The molecule has 4 N–H and O–H groups in total. The number of rotatable bonds is 1. The number of hydrogen-bond donors (Lipinski definition) is 3. The van der Waals surface area contributed by atoms with Crippen molar-refractivity contribution in [3.63, 3.8) is 0 Å². The van der Waals surface area contributed by atoms with E-state index in [0.717, 1.165) is 16.8 Å². The van der Waals surface area contributed by atoms with Crippen molar-refractivity contribution in [2.24, 2.45) is 0 Å². The summed E-state index contributed by atoms with van der Waals surface area (Å²) in [5.41, 5.74) is 9.24. The van der Waals surface area contributed by atoms with Crippen molar-refractivity contribution in [1.29, 1.82) is 0 Å². The summed E-state index contributed by atoms with van der Waals surface area (Å²) in [5, 5.41) is 12.5. The molecule has 4 nitrogen and oxygen atoms in total. The number of carbonyl (C=O) groups excluding carboxylic acids is 1. The molecular weight excluding hydrogens is 400 g/mol. The highest BCUT2D eigenvalue weighted by atomic mass is 79.9. The Labute approximate surface area is 137 Å². The van der Waals surface area contributed by atoms with E-state index in [4.69, 9.17) is 5.73 Å². The Morgan fingerprint density at radius 2 is 1.81 bits per heavy atom. The van der Waals surface area contributed by atoms with Gasteiger partial charge in [-0.25, -0.2) is 0 Å². The predicted molar refractivity (Wildman–Crippen MR) is 90.9 cm³/mol. The van der Waals surface area contributed by atoms with Crippen LogP contribution in [0.2, 0.25) is 0 Å². The first-order chi connectivity index (χ1) is 9.95. The second-order valence-electron chi connectivity index (χ2n) is 4.65. The minimum Gasteiger partial charge on any atom is -0.506 e. The van der Waals surface area contributed by atoms with Gasteiger partial charge in [-0.05, 0) is 73.8 Å². The van der Waals surface area contributed by atoms with E-state index in [9.17, 15) is 9.90 Å². The average Bonchev–Trinajstić information content (AvgIpc) is 2.72. The van der Waals surface area contributed by atoms with Crippen LogP contribution in [0.5, 0.6) is 5.75 Å². The van der Waals surface area contributed by atoms with Gasteiger partial charge in [0.15, 0.2) is 0 Å². The van der Waals surface area contributed by atoms with Crippen molar-refractivity contribution in [3.05, 3.63) is 50.4 Å². The molecule has 0 saturated heterocycles. The standard InChI is InChI=1S/C15H10Br2N2O2/c16-11-4-7(5-12(17)14(11)20)3-10-9-6-8(18)1-2-13(9)19-15(10)21/h1-6,20H,18H2,(H,19,21)/b10-3-. The Balaban J connectivity index is 2.13. The van der Waals surface area contributed by atoms with Gasteiger partial charge in [0, 0.05) is 22.5 Å². The van der Waals surface area contributed by atoms with Gasteiger partial charge in [-0.2, -0.15) is 0 Å². The van der Waals surface area contributed by atoms with E-state index < -0.39 is 0 Å². The quantitative estimate of drug-likeness (QED) is 0.492. The number of anilines is 2. The van der Waals surface area contributed by atoms with E-state index in [-0.39, 0.29) is 11.7 Å². The molecule has 0 spiro atoms. The zero-order chi connectivity index (χ0) is 15.1. The summed E-state index contributed by atoms with van der Waals surface area (Å²) >= 11 is 6.55. The molecule has 21 heavy (non-hydrogen) atoms. The van der Waals surface area contributed by atoms with Crippen LogP contribution in [0.25, 0.3) is 11.6 Å². The Hall–Kier alpha value is -1.79. The molecule has 0 bridgehead atoms. The molecule has 3 rings (SSSR count). The molecule has 0 atom stereocenters. The van der Waals surface area contributed by atoms with Crippen molar-refractivity contribution in [1.82, 2.24) is 0 Å². The van der Waals surface area contributed by atoms with E-state index >= 15 is 0 Å². The first kappa shape index (κ1) is 14.2. The SMILES string of the molecule is Nc1ccc2c(c1)/C(=C/c1cc(Br)c(O)c(Br)c1)C(=O)N2. The lowest BCUT2D eigenvalue weighted by molar-refractivity contribution is -0.110. The summed E-state index contributed by atoms with van der Waals surface area (Å²) < 4.78 is 1.10. The molecule has 2 aromatic rings. The van der Waals surface area contributed by atoms with Crippen LogP contribution in [-0.4, -0.2) is 11.0 Å². The van der Waals surface area contributed by atoms with Crippen LogP contribution in [0, 0.1) is 0 Å². The van der Waals surface area contributed by atoms with Gasteiger partial charge in [0.2, 0.25) is 0 Å². The van der Waals surface area contributed by atoms with Crippen molar-refractivity contribution in [2.45, 2.75) is 0 Å². The molecule has 0 aromatic heterocycles. The fraction of sp³-hybridized carbons (Fsp3) is 0. The Morgan fingerprint density at radius 3 is 2.48 bits per heavy atom. The molecule has 6 heteroatoms. The monoisotopic (exact) mass is 408 g/mol. The molecule has 1 aliphatic rings. The summed E-state index contributed by atoms with van der Waals surface area (Å²) in [6.07, 6.45) is 1.76. The van der Waals surface area contributed by atoms with Crippen molar-refractivity contribution in [2.75, 3.05) is 11.1 Å². The summed E-state index contributed by atoms with van der Waals surface area (Å²) in [5.74, 6) is -0.0476. The average molecular weight is 410 g/mol. The van der Waals surface area contributed by atoms with Crippen LogP contribution in [0.1, 0.15) is 11.1 Å². The number of benzene rings is 2. The highest BCUT2D eigenvalue weighted by molar-refractivity contribution is 9.11. The Bertz CT molecular complexity index is 777. The van der Waals surface area contributed by atoms with Gasteiger partial charge in [0.25, 0.3) is 5.91 Å². The minimum atomic E-state index is -0.170. The number of aromatic hydroxyl groups is 1. The molecule has 1 amide bonds. The summed E-state index contributed by atoms with van der Waals surface area (Å²) in [4.78, 5) is 12.1. The molecule has 1 aliphatic heterocycles. The number of amides is 1. The second-order valence-corrected chi connectivity index (χ2v) is 6.36. The minimum absolute atomic E-state index is 0.123. The lowest BCUT2D eigenvalue weighted by Crippen LogP contribution is -2.03. The largest absolute Gasteiger partial charge is 0.506 e. The number of fused-ring (bicyclic) bond motifs is 1. The summed E-state index contributed by atoms with van der Waals surface area (Å²) in [6, 6.07) is 8.78. The number of hydrogen-bond acceptors (Lipinski definition) is 3. The van der Waals surface area contributed by atoms with Crippen LogP contribution in [0.4, 0.5) is 11.4 Å². The number of nitrogens with one attached hydrogen (secondary N) is 1. The smallest absolute Gasteiger partial charge is 0.256 e. The second kappa shape index (κ2) is 5.20. The molecule has 0 aliphatic carbocycles. The van der Waals surface area contributed by atoms with Gasteiger partial charge in [0.1, 0.15) is 5.75 Å². The number of phenols is 1. The third-order valence-electron chi connectivity index (χ3n) is 3.18. The molecule has 0 unspecified atom stereocenters. The maximum Gasteiger partial charge on any atom is 0.256 e. The zero-order valence-electron chi connectivity index (χ0n) is 10.7. The lowest BCUT2D eigenvalue weighted by Gasteiger charge is -2.04. The van der Waals surface area contributed by atoms with Crippen molar-refractivity contribution >= 4 is 60.8 Å². The molecule has 0 radical (unpaired) electrons. The molecule has 0 fully saturated rings. The van der Waals surface area contributed by atoms with Gasteiger partial charge in [-0.1, -0.05) is 0 Å². The number of carbonyl (C=O) groups is 1. The first-order valence-corrected chi connectivity index (χ1v) is 7.65. The summed E-state index contributed by atoms with van der Waals surface area (Å²) in [7, 11) is 0. The van der Waals surface area contributed by atoms with Crippen molar-refractivity contribution in [3.8, 4) is 5.75 Å². The Kier molecular flexibility index (Phi) is 3.51. The van der Waals surface area contributed by atoms with Gasteiger partial charge in [-0.15, -0.1) is 0 Å². The van der Waals surface area contributed by atoms with E-state index in [1.165, 1.54) is 0 Å². The predicted octanol–water partition coefficient (Wildman–Crippen LogP) is 3.99. The molecule has 106 valence electrons. The number of nitrogen functional groups attached to an aromatic ring is 1. The highest BCUT2D eigenvalue weighted by Gasteiger charge is 2.24. The van der Waals surface area contributed by atoms with E-state index in [2.05, 4.69) is 37.2 Å². The van der Waals surface area contributed by atoms with E-state index in [1.807, 2.05) is 0 Å². The van der Waals surface area contributed by atoms with Crippen LogP contribution < -0.4 is 11.1 Å². The third kappa shape index (κ3) is 2.56. The highest BCUT2D eigenvalue weighted by Crippen LogP contribution is 2.37. The number of nitrogens with two attached hydrogens (primary N) is 1. The third-order valence-corrected chi connectivity index (χ3v) is 4.39. The topological polar surface area (TPSA) is 75.3 Å². The van der Waals surface area contributed by atoms with Gasteiger partial charge in [-0.3, -0.25) is 4.79 Å². The molecular formula is C15H10Br2N2O2. The van der Waals surface area contributed by atoms with Crippen LogP contribution >= 0.6 is 31.9 Å². The van der Waals surface area contributed by atoms with Gasteiger partial charge in [0.05, 0.1) is 8.95 Å². The number of halogens is 2. The lowest BCUT2D eigenvalue weighted by atomic mass is 10.0. The van der Waals surface area contributed by atoms with Crippen LogP contribution in [-0.2, 0) is 4.79 Å². The normalized spacial score (nSPS) is 15.1.